The van der Waals surface area contributed by atoms with Crippen LogP contribution in [0.5, 0.6) is 0 Å². The largest absolute Gasteiger partial charge is 0.353 e. The molecule has 2 fully saturated rings. The molecule has 0 spiro atoms. The van der Waals surface area contributed by atoms with Gasteiger partial charge in [-0.25, -0.2) is 9.97 Å². The van der Waals surface area contributed by atoms with Crippen molar-refractivity contribution < 1.29 is 0 Å². The Kier molecular flexibility index (Phi) is 4.20. The minimum Gasteiger partial charge on any atom is -0.353 e. The molecule has 1 saturated heterocycles. The Hall–Kier alpha value is -1.16. The quantitative estimate of drug-likeness (QED) is 0.896. The van der Waals surface area contributed by atoms with Gasteiger partial charge in [0.25, 0.3) is 0 Å². The van der Waals surface area contributed by atoms with Crippen molar-refractivity contribution in [3.8, 4) is 0 Å². The van der Waals surface area contributed by atoms with Crippen molar-refractivity contribution in [2.24, 2.45) is 0 Å². The van der Waals surface area contributed by atoms with Gasteiger partial charge in [-0.1, -0.05) is 13.3 Å². The number of hydrogen-bond acceptors (Lipinski definition) is 4. The van der Waals surface area contributed by atoms with Gasteiger partial charge in [0.15, 0.2) is 0 Å². The van der Waals surface area contributed by atoms with Crippen LogP contribution in [-0.2, 0) is 0 Å². The molecule has 2 heterocycles. The first-order chi connectivity index (χ1) is 9.76. The van der Waals surface area contributed by atoms with Crippen molar-refractivity contribution in [1.29, 1.82) is 0 Å². The molecule has 2 aliphatic rings. The van der Waals surface area contributed by atoms with Crippen LogP contribution in [0, 0.1) is 6.92 Å². The summed E-state index contributed by atoms with van der Waals surface area (Å²) in [6.07, 6.45) is 6.55. The molecule has 0 aromatic carbocycles. The minimum absolute atomic E-state index is 0.649. The van der Waals surface area contributed by atoms with Gasteiger partial charge in [-0.05, 0) is 51.8 Å². The molecule has 1 aliphatic heterocycles. The monoisotopic (exact) mass is 274 g/mol. The lowest BCUT2D eigenvalue weighted by molar-refractivity contribution is 0.276. The van der Waals surface area contributed by atoms with Gasteiger partial charge in [0.05, 0.1) is 0 Å². The fraction of sp³-hybridized carbons (Fsp3) is 0.750. The Morgan fingerprint density at radius 1 is 1.25 bits per heavy atom. The molecule has 4 nitrogen and oxygen atoms in total. The van der Waals surface area contributed by atoms with Crippen LogP contribution >= 0.6 is 0 Å². The molecule has 4 heteroatoms. The van der Waals surface area contributed by atoms with E-state index in [1.54, 1.807) is 0 Å². The Balaban J connectivity index is 1.63. The van der Waals surface area contributed by atoms with Gasteiger partial charge < -0.3 is 5.32 Å². The molecule has 0 amide bonds. The van der Waals surface area contributed by atoms with Gasteiger partial charge in [0.2, 0.25) is 5.95 Å². The molecule has 20 heavy (non-hydrogen) atoms. The predicted octanol–water partition coefficient (Wildman–Crippen LogP) is 2.95. The normalized spacial score (nSPS) is 23.8. The molecular formula is C16H26N4. The molecular weight excluding hydrogens is 248 g/mol. The summed E-state index contributed by atoms with van der Waals surface area (Å²) in [7, 11) is 0. The number of likely N-dealkylation sites (tertiary alicyclic amines) is 1. The molecule has 3 rings (SSSR count). The maximum absolute atomic E-state index is 4.73. The zero-order valence-corrected chi connectivity index (χ0v) is 12.7. The van der Waals surface area contributed by atoms with Crippen LogP contribution < -0.4 is 5.32 Å². The van der Waals surface area contributed by atoms with E-state index in [1.807, 2.05) is 0 Å². The lowest BCUT2D eigenvalue weighted by Gasteiger charge is -2.26. The summed E-state index contributed by atoms with van der Waals surface area (Å²) in [5.74, 6) is 1.51. The van der Waals surface area contributed by atoms with Crippen molar-refractivity contribution in [1.82, 2.24) is 14.9 Å². The van der Waals surface area contributed by atoms with Gasteiger partial charge in [-0.3, -0.25) is 4.90 Å². The number of aromatic nitrogens is 2. The predicted molar refractivity (Wildman–Crippen MR) is 82.1 cm³/mol. The van der Waals surface area contributed by atoms with Crippen molar-refractivity contribution in [3.05, 3.63) is 17.5 Å². The molecule has 0 radical (unpaired) electrons. The van der Waals surface area contributed by atoms with Crippen molar-refractivity contribution in [2.75, 3.05) is 25.0 Å². The van der Waals surface area contributed by atoms with Gasteiger partial charge in [-0.15, -0.1) is 0 Å². The third-order valence-electron chi connectivity index (χ3n) is 4.80. The lowest BCUT2D eigenvalue weighted by atomic mass is 9.83. The standard InChI is InChI=1S/C16H26N4/c1-3-20-9-5-8-14(20)11-17-16-18-12(2)10-15(19-16)13-6-4-7-13/h10,13-14H,3-9,11H2,1-2H3,(H,17,18,19)/t14-/m0/s1. The Labute approximate surface area is 122 Å². The maximum atomic E-state index is 4.73. The highest BCUT2D eigenvalue weighted by molar-refractivity contribution is 5.30. The van der Waals surface area contributed by atoms with E-state index >= 15 is 0 Å². The van der Waals surface area contributed by atoms with Gasteiger partial charge >= 0.3 is 0 Å². The van der Waals surface area contributed by atoms with Crippen molar-refractivity contribution in [3.63, 3.8) is 0 Å². The van der Waals surface area contributed by atoms with Crippen LogP contribution in [0.1, 0.15) is 56.3 Å². The lowest BCUT2D eigenvalue weighted by Crippen LogP contribution is -2.35. The number of nitrogens with one attached hydrogen (secondary N) is 1. The fourth-order valence-corrected chi connectivity index (χ4v) is 3.34. The summed E-state index contributed by atoms with van der Waals surface area (Å²) in [6.45, 7) is 7.68. The average Bonchev–Trinajstić information content (AvgIpc) is 2.81. The topological polar surface area (TPSA) is 41.0 Å². The molecule has 0 unspecified atom stereocenters. The maximum Gasteiger partial charge on any atom is 0.223 e. The smallest absolute Gasteiger partial charge is 0.223 e. The number of hydrogen-bond donors (Lipinski definition) is 1. The Bertz CT molecular complexity index is 456. The van der Waals surface area contributed by atoms with Gasteiger partial charge in [-0.2, -0.15) is 0 Å². The van der Waals surface area contributed by atoms with Crippen LogP contribution in [0.2, 0.25) is 0 Å². The number of aryl methyl sites for hydroxylation is 1. The summed E-state index contributed by atoms with van der Waals surface area (Å²) >= 11 is 0. The van der Waals surface area contributed by atoms with E-state index in [1.165, 1.54) is 44.3 Å². The van der Waals surface area contributed by atoms with Crippen LogP contribution in [0.25, 0.3) is 0 Å². The first-order valence-corrected chi connectivity index (χ1v) is 8.09. The molecule has 1 saturated carbocycles. The van der Waals surface area contributed by atoms with Gasteiger partial charge in [0, 0.05) is 29.9 Å². The zero-order chi connectivity index (χ0) is 13.9. The second-order valence-corrected chi connectivity index (χ2v) is 6.19. The van der Waals surface area contributed by atoms with E-state index in [9.17, 15) is 0 Å². The van der Waals surface area contributed by atoms with Gasteiger partial charge in [0.1, 0.15) is 0 Å². The average molecular weight is 274 g/mol. The third kappa shape index (κ3) is 2.95. The summed E-state index contributed by atoms with van der Waals surface area (Å²) in [4.78, 5) is 11.8. The fourth-order valence-electron chi connectivity index (χ4n) is 3.34. The van der Waals surface area contributed by atoms with Crippen LogP contribution in [0.3, 0.4) is 0 Å². The minimum atomic E-state index is 0.649. The Morgan fingerprint density at radius 3 is 2.80 bits per heavy atom. The Morgan fingerprint density at radius 2 is 2.10 bits per heavy atom. The van der Waals surface area contributed by atoms with Crippen LogP contribution in [-0.4, -0.2) is 40.5 Å². The summed E-state index contributed by atoms with van der Waals surface area (Å²) < 4.78 is 0. The molecule has 1 aromatic rings. The molecule has 1 atom stereocenters. The van der Waals surface area contributed by atoms with E-state index in [0.717, 1.165) is 24.7 Å². The third-order valence-corrected chi connectivity index (χ3v) is 4.80. The summed E-state index contributed by atoms with van der Waals surface area (Å²) in [6, 6.07) is 2.80. The van der Waals surface area contributed by atoms with Crippen LogP contribution in [0.15, 0.2) is 6.07 Å². The highest BCUT2D eigenvalue weighted by Gasteiger charge is 2.24. The second-order valence-electron chi connectivity index (χ2n) is 6.19. The van der Waals surface area contributed by atoms with E-state index in [4.69, 9.17) is 4.98 Å². The SMILES string of the molecule is CCN1CCC[C@H]1CNc1nc(C)cc(C2CCC2)n1. The highest BCUT2D eigenvalue weighted by atomic mass is 15.2. The molecule has 0 bridgehead atoms. The number of likely N-dealkylation sites (N-methyl/N-ethyl adjacent to an activating group) is 1. The van der Waals surface area contributed by atoms with Crippen molar-refractivity contribution >= 4 is 5.95 Å². The number of nitrogens with zero attached hydrogens (tertiary/aromatic N) is 3. The molecule has 110 valence electrons. The van der Waals surface area contributed by atoms with E-state index < -0.39 is 0 Å². The van der Waals surface area contributed by atoms with E-state index in [2.05, 4.69) is 35.1 Å². The van der Waals surface area contributed by atoms with E-state index in [0.29, 0.717) is 12.0 Å². The van der Waals surface area contributed by atoms with Crippen LogP contribution in [0.4, 0.5) is 5.95 Å². The summed E-state index contributed by atoms with van der Waals surface area (Å²) in [5.41, 5.74) is 2.33. The first kappa shape index (κ1) is 13.8. The first-order valence-electron chi connectivity index (χ1n) is 8.09. The summed E-state index contributed by atoms with van der Waals surface area (Å²) in [5, 5.41) is 3.47. The second kappa shape index (κ2) is 6.08. The number of anilines is 1. The zero-order valence-electron chi connectivity index (χ0n) is 12.7. The number of rotatable bonds is 5. The molecule has 1 aromatic heterocycles. The van der Waals surface area contributed by atoms with E-state index in [-0.39, 0.29) is 0 Å². The highest BCUT2D eigenvalue weighted by Crippen LogP contribution is 2.35. The van der Waals surface area contributed by atoms with Crippen molar-refractivity contribution in [2.45, 2.75) is 57.9 Å². The molecule has 1 N–H and O–H groups in total. The molecule has 1 aliphatic carbocycles.